The summed E-state index contributed by atoms with van der Waals surface area (Å²) in [7, 11) is 0. The number of H-pyrrole nitrogens is 1. The molecule has 0 atom stereocenters. The number of ether oxygens (including phenoxy) is 1. The maximum Gasteiger partial charge on any atom is 0.294 e. The molecule has 0 radical (unpaired) electrons. The summed E-state index contributed by atoms with van der Waals surface area (Å²) < 4.78 is 13.6. The third kappa shape index (κ3) is 5.57. The first-order valence-corrected chi connectivity index (χ1v) is 9.54. The van der Waals surface area contributed by atoms with Crippen molar-refractivity contribution in [2.45, 2.75) is 12.4 Å². The molecule has 0 spiro atoms. The van der Waals surface area contributed by atoms with E-state index in [0.717, 1.165) is 22.8 Å². The van der Waals surface area contributed by atoms with Crippen LogP contribution in [-0.2, 0) is 12.4 Å². The minimum absolute atomic E-state index is 0.208. The third-order valence-corrected chi connectivity index (χ3v) is 4.71. The van der Waals surface area contributed by atoms with Crippen molar-refractivity contribution < 1.29 is 4.74 Å². The average Bonchev–Trinajstić information content (AvgIpc) is 3.15. The van der Waals surface area contributed by atoms with Crippen molar-refractivity contribution in [1.29, 1.82) is 0 Å². The van der Waals surface area contributed by atoms with Crippen LogP contribution in [0, 0.1) is 0 Å². The monoisotopic (exact) mass is 375 g/mol. The molecule has 0 amide bonds. The van der Waals surface area contributed by atoms with E-state index in [0.29, 0.717) is 19.1 Å². The van der Waals surface area contributed by atoms with Crippen LogP contribution >= 0.6 is 23.5 Å². The molecule has 0 saturated carbocycles. The average molecular weight is 375 g/mol. The summed E-state index contributed by atoms with van der Waals surface area (Å²) in [5.41, 5.74) is 1.69. The van der Waals surface area contributed by atoms with Crippen molar-refractivity contribution in [1.82, 2.24) is 18.7 Å². The van der Waals surface area contributed by atoms with Crippen molar-refractivity contribution in [3.8, 4) is 5.75 Å². The molecular formula is C16H17N5O2S2. The lowest BCUT2D eigenvalue weighted by atomic mass is 10.2. The lowest BCUT2D eigenvalue weighted by Crippen LogP contribution is -2.16. The molecule has 25 heavy (non-hydrogen) atoms. The van der Waals surface area contributed by atoms with Gasteiger partial charge < -0.3 is 10.1 Å². The van der Waals surface area contributed by atoms with Crippen molar-refractivity contribution >= 4 is 29.4 Å². The Bertz CT molecular complexity index is 824. The van der Waals surface area contributed by atoms with Crippen LogP contribution in [0.2, 0.25) is 0 Å². The maximum atomic E-state index is 12.0. The molecule has 130 valence electrons. The molecule has 2 heterocycles. The predicted molar refractivity (Wildman–Crippen MR) is 100 cm³/mol. The summed E-state index contributed by atoms with van der Waals surface area (Å²) in [6.45, 7) is 1.02. The summed E-state index contributed by atoms with van der Waals surface area (Å²) in [5.74, 6) is 2.34. The highest BCUT2D eigenvalue weighted by Crippen LogP contribution is 2.10. The summed E-state index contributed by atoms with van der Waals surface area (Å²) in [4.78, 5) is 18.9. The normalized spacial score (nSPS) is 10.6. The Morgan fingerprint density at radius 1 is 1.24 bits per heavy atom. The van der Waals surface area contributed by atoms with Gasteiger partial charge in [0, 0.05) is 18.1 Å². The van der Waals surface area contributed by atoms with Crippen molar-refractivity contribution in [3.05, 3.63) is 64.3 Å². The van der Waals surface area contributed by atoms with Crippen LogP contribution in [0.25, 0.3) is 0 Å². The molecule has 1 aromatic carbocycles. The van der Waals surface area contributed by atoms with Crippen LogP contribution in [0.5, 0.6) is 5.75 Å². The van der Waals surface area contributed by atoms with E-state index in [1.807, 2.05) is 30.3 Å². The number of nitrogens with one attached hydrogen (secondary N) is 2. The zero-order valence-corrected chi connectivity index (χ0v) is 15.0. The van der Waals surface area contributed by atoms with Gasteiger partial charge in [-0.1, -0.05) is 30.3 Å². The molecule has 0 saturated heterocycles. The van der Waals surface area contributed by atoms with Gasteiger partial charge in [0.1, 0.15) is 6.61 Å². The highest BCUT2D eigenvalue weighted by atomic mass is 32.2. The number of hydrogen-bond acceptors (Lipinski definition) is 8. The lowest BCUT2D eigenvalue weighted by molar-refractivity contribution is 0.300. The molecule has 3 aromatic rings. The van der Waals surface area contributed by atoms with Gasteiger partial charge in [-0.2, -0.15) is 20.5 Å². The van der Waals surface area contributed by atoms with Crippen LogP contribution in [0.1, 0.15) is 11.3 Å². The Hall–Kier alpha value is -2.39. The van der Waals surface area contributed by atoms with Crippen molar-refractivity contribution in [2.75, 3.05) is 17.6 Å². The Labute approximate surface area is 153 Å². The van der Waals surface area contributed by atoms with Crippen LogP contribution < -0.4 is 15.6 Å². The molecule has 0 bridgehead atoms. The lowest BCUT2D eigenvalue weighted by Gasteiger charge is -2.07. The standard InChI is InChI=1S/C16H17N5O2S2/c22-15-14(23-10-12-4-2-1-3-5-12)9-18-16(20-15)17-6-7-24-11-13-8-19-25-21-13/h1-5,8-9H,6-7,10-11H2,(H2,17,18,20,22). The minimum Gasteiger partial charge on any atom is -0.482 e. The highest BCUT2D eigenvalue weighted by molar-refractivity contribution is 7.98. The fourth-order valence-electron chi connectivity index (χ4n) is 1.98. The number of benzene rings is 1. The number of hydrogen-bond donors (Lipinski definition) is 2. The predicted octanol–water partition coefficient (Wildman–Crippen LogP) is 2.55. The van der Waals surface area contributed by atoms with Crippen LogP contribution in [0.15, 0.2) is 47.5 Å². The number of rotatable bonds is 9. The smallest absolute Gasteiger partial charge is 0.294 e. The molecule has 0 aliphatic carbocycles. The minimum atomic E-state index is -0.297. The first-order chi connectivity index (χ1) is 12.3. The van der Waals surface area contributed by atoms with E-state index in [1.165, 1.54) is 17.9 Å². The molecule has 2 aromatic heterocycles. The zero-order valence-electron chi connectivity index (χ0n) is 13.3. The SMILES string of the molecule is O=c1[nH]c(NCCSCc2cnsn2)ncc1OCc1ccccc1. The van der Waals surface area contributed by atoms with E-state index in [-0.39, 0.29) is 11.3 Å². The molecule has 0 aliphatic rings. The molecule has 0 aliphatic heterocycles. The second-order valence-corrected chi connectivity index (χ2v) is 6.74. The Kier molecular flexibility index (Phi) is 6.41. The van der Waals surface area contributed by atoms with Gasteiger partial charge in [0.05, 0.1) is 29.8 Å². The molecule has 3 rings (SSSR count). The molecule has 9 heteroatoms. The Morgan fingerprint density at radius 2 is 2.12 bits per heavy atom. The van der Waals surface area contributed by atoms with E-state index < -0.39 is 0 Å². The third-order valence-electron chi connectivity index (χ3n) is 3.20. The van der Waals surface area contributed by atoms with Gasteiger partial charge in [0.25, 0.3) is 5.56 Å². The van der Waals surface area contributed by atoms with Gasteiger partial charge in [-0.3, -0.25) is 9.78 Å². The summed E-state index contributed by atoms with van der Waals surface area (Å²) in [5, 5.41) is 3.09. The number of nitrogens with zero attached hydrogens (tertiary/aromatic N) is 3. The van der Waals surface area contributed by atoms with Gasteiger partial charge in [-0.25, -0.2) is 4.98 Å². The van der Waals surface area contributed by atoms with Gasteiger partial charge >= 0.3 is 0 Å². The summed E-state index contributed by atoms with van der Waals surface area (Å²) in [6.07, 6.45) is 3.22. The van der Waals surface area contributed by atoms with Gasteiger partial charge in [0.15, 0.2) is 0 Å². The Morgan fingerprint density at radius 3 is 2.88 bits per heavy atom. The fourth-order valence-corrected chi connectivity index (χ4v) is 3.23. The molecule has 2 N–H and O–H groups in total. The second-order valence-electron chi connectivity index (χ2n) is 5.08. The van der Waals surface area contributed by atoms with Crippen LogP contribution in [0.3, 0.4) is 0 Å². The maximum absolute atomic E-state index is 12.0. The quantitative estimate of drug-likeness (QED) is 0.555. The van der Waals surface area contributed by atoms with Gasteiger partial charge in [0.2, 0.25) is 11.7 Å². The number of aromatic amines is 1. The summed E-state index contributed by atoms with van der Waals surface area (Å²) in [6, 6.07) is 9.67. The van der Waals surface area contributed by atoms with E-state index in [4.69, 9.17) is 4.74 Å². The fraction of sp³-hybridized carbons (Fsp3) is 0.250. The van der Waals surface area contributed by atoms with Crippen molar-refractivity contribution in [3.63, 3.8) is 0 Å². The number of anilines is 1. The van der Waals surface area contributed by atoms with E-state index in [1.54, 1.807) is 18.0 Å². The molecule has 7 nitrogen and oxygen atoms in total. The molecular weight excluding hydrogens is 358 g/mol. The van der Waals surface area contributed by atoms with Crippen LogP contribution in [-0.4, -0.2) is 31.0 Å². The van der Waals surface area contributed by atoms with Gasteiger partial charge in [-0.15, -0.1) is 0 Å². The topological polar surface area (TPSA) is 92.8 Å². The van der Waals surface area contributed by atoms with E-state index in [2.05, 4.69) is 24.0 Å². The van der Waals surface area contributed by atoms with E-state index >= 15 is 0 Å². The van der Waals surface area contributed by atoms with E-state index in [9.17, 15) is 4.79 Å². The largest absolute Gasteiger partial charge is 0.482 e. The molecule has 0 unspecified atom stereocenters. The highest BCUT2D eigenvalue weighted by Gasteiger charge is 2.04. The first kappa shape index (κ1) is 17.4. The zero-order chi connectivity index (χ0) is 17.3. The first-order valence-electron chi connectivity index (χ1n) is 7.65. The number of aromatic nitrogens is 4. The van der Waals surface area contributed by atoms with Gasteiger partial charge in [-0.05, 0) is 5.56 Å². The Balaban J connectivity index is 1.42. The van der Waals surface area contributed by atoms with Crippen molar-refractivity contribution in [2.24, 2.45) is 0 Å². The van der Waals surface area contributed by atoms with Crippen LogP contribution in [0.4, 0.5) is 5.95 Å². The number of thioether (sulfide) groups is 1. The second kappa shape index (κ2) is 9.19. The molecule has 0 fully saturated rings. The summed E-state index contributed by atoms with van der Waals surface area (Å²) >= 11 is 2.96.